The maximum Gasteiger partial charge on any atom is 0.235 e. The molecule has 0 fully saturated rings. The normalized spacial score (nSPS) is 12.1. The summed E-state index contributed by atoms with van der Waals surface area (Å²) >= 11 is 0. The van der Waals surface area contributed by atoms with Crippen LogP contribution in [0.25, 0.3) is 110 Å². The van der Waals surface area contributed by atoms with Crippen molar-refractivity contribution in [3.8, 4) is 22.9 Å². The Labute approximate surface area is 309 Å². The molecule has 0 spiro atoms. The van der Waals surface area contributed by atoms with Gasteiger partial charge in [-0.15, -0.1) is 0 Å². The number of nitrogens with zero attached hydrogens (tertiary/aromatic N) is 4. The minimum atomic E-state index is 0.654. The van der Waals surface area contributed by atoms with Crippen LogP contribution >= 0.6 is 0 Å². The Morgan fingerprint density at radius 1 is 0.315 bits per heavy atom. The van der Waals surface area contributed by atoms with Gasteiger partial charge in [0.25, 0.3) is 0 Å². The molecule has 12 rings (SSSR count). The van der Waals surface area contributed by atoms with Gasteiger partial charge in [0.2, 0.25) is 5.95 Å². The minimum absolute atomic E-state index is 0.654. The van der Waals surface area contributed by atoms with Crippen LogP contribution in [0, 0.1) is 0 Å². The third-order valence-electron chi connectivity index (χ3n) is 11.3. The van der Waals surface area contributed by atoms with Crippen molar-refractivity contribution in [1.82, 2.24) is 19.1 Å². The van der Waals surface area contributed by atoms with Gasteiger partial charge >= 0.3 is 0 Å². The third kappa shape index (κ3) is 4.13. The van der Waals surface area contributed by atoms with E-state index in [9.17, 15) is 0 Å². The smallest absolute Gasteiger partial charge is 0.235 e. The van der Waals surface area contributed by atoms with E-state index in [1.807, 2.05) is 0 Å². The lowest BCUT2D eigenvalue weighted by Gasteiger charge is -2.15. The summed E-state index contributed by atoms with van der Waals surface area (Å²) in [6.07, 6.45) is 0. The second-order valence-corrected chi connectivity index (χ2v) is 14.2. The highest BCUT2D eigenvalue weighted by atomic mass is 15.2. The van der Waals surface area contributed by atoms with Gasteiger partial charge in [-0.2, -0.15) is 0 Å². The Morgan fingerprint density at radius 2 is 0.889 bits per heavy atom. The van der Waals surface area contributed by atoms with Crippen molar-refractivity contribution in [2.45, 2.75) is 0 Å². The number of benzene rings is 9. The molecule has 0 bridgehead atoms. The van der Waals surface area contributed by atoms with Gasteiger partial charge in [0.05, 0.1) is 39.0 Å². The van der Waals surface area contributed by atoms with Crippen molar-refractivity contribution in [1.29, 1.82) is 0 Å². The molecule has 12 aromatic rings. The monoisotopic (exact) mass is 686 g/mol. The zero-order valence-corrected chi connectivity index (χ0v) is 29.1. The van der Waals surface area contributed by atoms with E-state index in [4.69, 9.17) is 9.97 Å². The molecule has 3 aromatic heterocycles. The molecule has 0 atom stereocenters. The predicted molar refractivity (Wildman–Crippen MR) is 226 cm³/mol. The van der Waals surface area contributed by atoms with Crippen molar-refractivity contribution in [3.05, 3.63) is 182 Å². The van der Waals surface area contributed by atoms with Crippen LogP contribution in [-0.2, 0) is 0 Å². The Hall–Kier alpha value is -7.30. The van der Waals surface area contributed by atoms with E-state index in [-0.39, 0.29) is 0 Å². The van der Waals surface area contributed by atoms with Crippen LogP contribution in [0.1, 0.15) is 0 Å². The Balaban J connectivity index is 1.26. The molecule has 0 amide bonds. The largest absolute Gasteiger partial charge is 0.309 e. The van der Waals surface area contributed by atoms with Crippen LogP contribution in [0.5, 0.6) is 0 Å². The molecule has 0 aliphatic heterocycles. The molecule has 0 aliphatic rings. The SMILES string of the molecule is c1ccc(-c2nc(-n3c4cc5ccccc5cc4c4cc5c6ccccc6n(-c6cc7ccccc7c7ccccc67)c5cc43)nc3ccccc23)cc1. The number of hydrogen-bond donors (Lipinski definition) is 0. The first kappa shape index (κ1) is 29.3. The first-order chi connectivity index (χ1) is 26.8. The minimum Gasteiger partial charge on any atom is -0.309 e. The van der Waals surface area contributed by atoms with Gasteiger partial charge in [-0.1, -0.05) is 140 Å². The van der Waals surface area contributed by atoms with Crippen molar-refractivity contribution >= 4 is 86.8 Å². The number of fused-ring (bicyclic) bond motifs is 11. The average Bonchev–Trinajstić information content (AvgIpc) is 3.72. The van der Waals surface area contributed by atoms with Crippen LogP contribution in [0.15, 0.2) is 182 Å². The maximum absolute atomic E-state index is 5.42. The topological polar surface area (TPSA) is 35.6 Å². The third-order valence-corrected chi connectivity index (χ3v) is 11.3. The number of para-hydroxylation sites is 2. The van der Waals surface area contributed by atoms with Crippen molar-refractivity contribution in [2.24, 2.45) is 0 Å². The molecular weight excluding hydrogens is 657 g/mol. The molecule has 0 saturated carbocycles. The van der Waals surface area contributed by atoms with Gasteiger partial charge in [0.15, 0.2) is 0 Å². The van der Waals surface area contributed by atoms with Crippen LogP contribution in [0.2, 0.25) is 0 Å². The van der Waals surface area contributed by atoms with Crippen molar-refractivity contribution in [3.63, 3.8) is 0 Å². The average molecular weight is 687 g/mol. The lowest BCUT2D eigenvalue weighted by molar-refractivity contribution is 1.01. The van der Waals surface area contributed by atoms with Gasteiger partial charge in [-0.05, 0) is 69.4 Å². The number of aromatic nitrogens is 4. The fraction of sp³-hybridized carbons (Fsp3) is 0. The summed E-state index contributed by atoms with van der Waals surface area (Å²) in [5.74, 6) is 0.654. The van der Waals surface area contributed by atoms with Crippen LogP contribution < -0.4 is 0 Å². The van der Waals surface area contributed by atoms with Crippen molar-refractivity contribution < 1.29 is 0 Å². The molecule has 250 valence electrons. The highest BCUT2D eigenvalue weighted by Gasteiger charge is 2.22. The molecule has 3 heterocycles. The lowest BCUT2D eigenvalue weighted by atomic mass is 10.00. The number of rotatable bonds is 3. The summed E-state index contributed by atoms with van der Waals surface area (Å²) in [6.45, 7) is 0. The summed E-state index contributed by atoms with van der Waals surface area (Å²) in [5.41, 5.74) is 8.52. The van der Waals surface area contributed by atoms with Gasteiger partial charge in [-0.25, -0.2) is 9.97 Å². The summed E-state index contributed by atoms with van der Waals surface area (Å²) in [7, 11) is 0. The fourth-order valence-corrected chi connectivity index (χ4v) is 8.84. The van der Waals surface area contributed by atoms with E-state index in [2.05, 4.69) is 191 Å². The van der Waals surface area contributed by atoms with Crippen LogP contribution in [-0.4, -0.2) is 19.1 Å². The Kier molecular flexibility index (Phi) is 6.02. The zero-order chi connectivity index (χ0) is 35.3. The fourth-order valence-electron chi connectivity index (χ4n) is 8.84. The van der Waals surface area contributed by atoms with Gasteiger partial charge in [0, 0.05) is 37.9 Å². The Bertz CT molecular complexity index is 3500. The molecule has 0 unspecified atom stereocenters. The summed E-state index contributed by atoms with van der Waals surface area (Å²) in [5, 5.41) is 13.2. The van der Waals surface area contributed by atoms with E-state index < -0.39 is 0 Å². The van der Waals surface area contributed by atoms with Crippen LogP contribution in [0.3, 0.4) is 0 Å². The highest BCUT2D eigenvalue weighted by molar-refractivity contribution is 6.22. The Morgan fingerprint density at radius 3 is 1.72 bits per heavy atom. The molecule has 4 nitrogen and oxygen atoms in total. The molecule has 4 heteroatoms. The van der Waals surface area contributed by atoms with Crippen LogP contribution in [0.4, 0.5) is 0 Å². The summed E-state index contributed by atoms with van der Waals surface area (Å²) < 4.78 is 4.75. The van der Waals surface area contributed by atoms with Gasteiger partial charge in [-0.3, -0.25) is 4.57 Å². The molecule has 0 saturated heterocycles. The van der Waals surface area contributed by atoms with E-state index in [0.717, 1.165) is 44.4 Å². The molecule has 9 aromatic carbocycles. The second kappa shape index (κ2) is 11.1. The maximum atomic E-state index is 5.42. The molecule has 0 aliphatic carbocycles. The zero-order valence-electron chi connectivity index (χ0n) is 29.1. The van der Waals surface area contributed by atoms with Gasteiger partial charge in [0.1, 0.15) is 0 Å². The highest BCUT2D eigenvalue weighted by Crippen LogP contribution is 2.42. The molecule has 0 radical (unpaired) electrons. The first-order valence-electron chi connectivity index (χ1n) is 18.4. The van der Waals surface area contributed by atoms with E-state index in [1.54, 1.807) is 0 Å². The first-order valence-corrected chi connectivity index (χ1v) is 18.4. The number of hydrogen-bond acceptors (Lipinski definition) is 2. The summed E-state index contributed by atoms with van der Waals surface area (Å²) in [4.78, 5) is 10.7. The van der Waals surface area contributed by atoms with E-state index >= 15 is 0 Å². The van der Waals surface area contributed by atoms with E-state index in [1.165, 1.54) is 59.4 Å². The molecule has 0 N–H and O–H groups in total. The lowest BCUT2D eigenvalue weighted by Crippen LogP contribution is -2.03. The predicted octanol–water partition coefficient (Wildman–Crippen LogP) is 13.0. The summed E-state index contributed by atoms with van der Waals surface area (Å²) in [6, 6.07) is 65.5. The van der Waals surface area contributed by atoms with E-state index in [0.29, 0.717) is 5.95 Å². The molecule has 54 heavy (non-hydrogen) atoms. The second-order valence-electron chi connectivity index (χ2n) is 14.2. The quantitative estimate of drug-likeness (QED) is 0.173. The van der Waals surface area contributed by atoms with Gasteiger partial charge < -0.3 is 4.57 Å². The standard InChI is InChI=1S/C50H30N4/c1-2-14-31(15-3-1)49-39-23-10-12-24-43(39)51-50(52-49)54-46-27-33-17-5-4-16-32(33)26-40(46)42-29-41-38-22-11-13-25-44(38)53(47(41)30-48(42)54)45-28-34-18-6-7-19-35(34)36-20-8-9-21-37(36)45/h1-30H. The molecular formula is C50H30N4. The van der Waals surface area contributed by atoms with Crippen molar-refractivity contribution in [2.75, 3.05) is 0 Å².